The highest BCUT2D eigenvalue weighted by Crippen LogP contribution is 2.27. The van der Waals surface area contributed by atoms with Crippen molar-refractivity contribution >= 4 is 34.5 Å². The van der Waals surface area contributed by atoms with Crippen LogP contribution in [0.5, 0.6) is 0 Å². The molecule has 0 N–H and O–H groups in total. The number of hydrogen-bond donors (Lipinski definition) is 0. The average molecular weight is 215 g/mol. The summed E-state index contributed by atoms with van der Waals surface area (Å²) in [6, 6.07) is 0. The maximum atomic E-state index is 5.75. The minimum Gasteiger partial charge on any atom is -0.459 e. The number of aromatic nitrogens is 2. The third-order valence-electron chi connectivity index (χ3n) is 1.73. The summed E-state index contributed by atoms with van der Waals surface area (Å²) in [6.45, 7) is 1.93. The molecule has 0 spiro atoms. The molecular weight excluding hydrogens is 208 g/mol. The van der Waals surface area contributed by atoms with E-state index in [0.29, 0.717) is 0 Å². The maximum Gasteiger partial charge on any atom is 0.224 e. The maximum absolute atomic E-state index is 5.75. The first-order chi connectivity index (χ1) is 6.22. The van der Waals surface area contributed by atoms with Gasteiger partial charge in [0.1, 0.15) is 10.5 Å². The van der Waals surface area contributed by atoms with Crippen LogP contribution in [0.2, 0.25) is 5.28 Å². The SMILES string of the molecule is CSc1nc(Cl)nc2c(C)coc12. The molecule has 2 aromatic heterocycles. The number of hydrogen-bond acceptors (Lipinski definition) is 4. The first-order valence-electron chi connectivity index (χ1n) is 3.67. The summed E-state index contributed by atoms with van der Waals surface area (Å²) in [5.41, 5.74) is 2.49. The van der Waals surface area contributed by atoms with Crippen LogP contribution in [0.1, 0.15) is 5.56 Å². The van der Waals surface area contributed by atoms with Crippen molar-refractivity contribution < 1.29 is 4.42 Å². The van der Waals surface area contributed by atoms with Gasteiger partial charge in [-0.15, -0.1) is 11.8 Å². The molecule has 2 heterocycles. The molecule has 3 nitrogen and oxygen atoms in total. The van der Waals surface area contributed by atoms with Gasteiger partial charge >= 0.3 is 0 Å². The van der Waals surface area contributed by atoms with Gasteiger partial charge in [-0.1, -0.05) is 0 Å². The zero-order valence-corrected chi connectivity index (χ0v) is 8.74. The van der Waals surface area contributed by atoms with Crippen molar-refractivity contribution in [1.29, 1.82) is 0 Å². The number of aryl methyl sites for hydroxylation is 1. The zero-order chi connectivity index (χ0) is 9.42. The lowest BCUT2D eigenvalue weighted by Crippen LogP contribution is -1.86. The normalized spacial score (nSPS) is 11.0. The summed E-state index contributed by atoms with van der Waals surface area (Å²) >= 11 is 7.25. The number of halogens is 1. The number of fused-ring (bicyclic) bond motifs is 1. The van der Waals surface area contributed by atoms with E-state index in [1.54, 1.807) is 6.26 Å². The highest BCUT2D eigenvalue weighted by molar-refractivity contribution is 7.98. The van der Waals surface area contributed by atoms with Gasteiger partial charge in [-0.05, 0) is 24.8 Å². The van der Waals surface area contributed by atoms with E-state index in [9.17, 15) is 0 Å². The minimum absolute atomic E-state index is 0.265. The van der Waals surface area contributed by atoms with Crippen LogP contribution in [0.3, 0.4) is 0 Å². The molecule has 0 saturated carbocycles. The fourth-order valence-electron chi connectivity index (χ4n) is 1.12. The molecule has 0 atom stereocenters. The van der Waals surface area contributed by atoms with E-state index < -0.39 is 0 Å². The Balaban J connectivity index is 2.84. The first kappa shape index (κ1) is 8.84. The van der Waals surface area contributed by atoms with E-state index in [1.807, 2.05) is 13.2 Å². The molecule has 2 aromatic rings. The van der Waals surface area contributed by atoms with Gasteiger partial charge in [0.2, 0.25) is 5.28 Å². The summed E-state index contributed by atoms with van der Waals surface area (Å²) in [5.74, 6) is 0. The number of rotatable bonds is 1. The average Bonchev–Trinajstić information content (AvgIpc) is 2.47. The van der Waals surface area contributed by atoms with Crippen LogP contribution in [-0.2, 0) is 0 Å². The van der Waals surface area contributed by atoms with Crippen molar-refractivity contribution in [1.82, 2.24) is 9.97 Å². The van der Waals surface area contributed by atoms with Gasteiger partial charge in [-0.25, -0.2) is 9.97 Å². The summed E-state index contributed by atoms with van der Waals surface area (Å²) in [4.78, 5) is 8.15. The fraction of sp³-hybridized carbons (Fsp3) is 0.250. The van der Waals surface area contributed by atoms with Gasteiger partial charge < -0.3 is 4.42 Å². The van der Waals surface area contributed by atoms with Crippen LogP contribution in [0.25, 0.3) is 11.1 Å². The Labute approximate surface area is 84.5 Å². The second-order valence-electron chi connectivity index (χ2n) is 2.60. The zero-order valence-electron chi connectivity index (χ0n) is 7.17. The number of furan rings is 1. The molecule has 0 aliphatic heterocycles. The van der Waals surface area contributed by atoms with Gasteiger partial charge in [0.05, 0.1) is 6.26 Å². The van der Waals surface area contributed by atoms with E-state index in [-0.39, 0.29) is 5.28 Å². The third kappa shape index (κ3) is 1.40. The molecule has 13 heavy (non-hydrogen) atoms. The summed E-state index contributed by atoms with van der Waals surface area (Å²) in [6.07, 6.45) is 3.59. The largest absolute Gasteiger partial charge is 0.459 e. The van der Waals surface area contributed by atoms with E-state index in [4.69, 9.17) is 16.0 Å². The predicted molar refractivity (Wildman–Crippen MR) is 53.3 cm³/mol. The molecule has 0 aromatic carbocycles. The smallest absolute Gasteiger partial charge is 0.224 e. The Morgan fingerprint density at radius 2 is 2.23 bits per heavy atom. The van der Waals surface area contributed by atoms with E-state index >= 15 is 0 Å². The molecule has 0 saturated heterocycles. The Morgan fingerprint density at radius 3 is 2.92 bits per heavy atom. The molecule has 0 amide bonds. The molecule has 0 fully saturated rings. The van der Waals surface area contributed by atoms with Gasteiger partial charge in [-0.3, -0.25) is 0 Å². The molecule has 2 rings (SSSR count). The Bertz CT molecular complexity index is 455. The van der Waals surface area contributed by atoms with Crippen LogP contribution in [0, 0.1) is 6.92 Å². The van der Waals surface area contributed by atoms with Crippen LogP contribution in [-0.4, -0.2) is 16.2 Å². The van der Waals surface area contributed by atoms with E-state index in [2.05, 4.69) is 9.97 Å². The van der Waals surface area contributed by atoms with Crippen molar-refractivity contribution in [3.63, 3.8) is 0 Å². The summed E-state index contributed by atoms with van der Waals surface area (Å²) < 4.78 is 5.32. The minimum atomic E-state index is 0.265. The molecule has 0 aliphatic carbocycles. The lowest BCUT2D eigenvalue weighted by molar-refractivity contribution is 0.601. The highest BCUT2D eigenvalue weighted by Gasteiger charge is 2.11. The van der Waals surface area contributed by atoms with Gasteiger partial charge in [0.25, 0.3) is 0 Å². The molecule has 0 radical (unpaired) electrons. The topological polar surface area (TPSA) is 38.9 Å². The van der Waals surface area contributed by atoms with Crippen molar-refractivity contribution in [3.8, 4) is 0 Å². The Morgan fingerprint density at radius 1 is 1.46 bits per heavy atom. The van der Waals surface area contributed by atoms with E-state index in [0.717, 1.165) is 21.7 Å². The monoisotopic (exact) mass is 214 g/mol. The number of thioether (sulfide) groups is 1. The Kier molecular flexibility index (Phi) is 2.17. The van der Waals surface area contributed by atoms with E-state index in [1.165, 1.54) is 11.8 Å². The number of nitrogens with zero attached hydrogens (tertiary/aromatic N) is 2. The fourth-order valence-corrected chi connectivity index (χ4v) is 1.85. The van der Waals surface area contributed by atoms with Crippen LogP contribution < -0.4 is 0 Å². The van der Waals surface area contributed by atoms with Crippen molar-refractivity contribution in [3.05, 3.63) is 17.1 Å². The lowest BCUT2D eigenvalue weighted by Gasteiger charge is -1.96. The van der Waals surface area contributed by atoms with Crippen LogP contribution in [0.15, 0.2) is 15.7 Å². The van der Waals surface area contributed by atoms with Crippen molar-refractivity contribution in [2.24, 2.45) is 0 Å². The molecule has 0 aliphatic rings. The molecule has 0 bridgehead atoms. The Hall–Kier alpha value is -0.740. The van der Waals surface area contributed by atoms with Gasteiger partial charge in [0, 0.05) is 5.56 Å². The second kappa shape index (κ2) is 3.20. The van der Waals surface area contributed by atoms with Crippen molar-refractivity contribution in [2.75, 3.05) is 6.26 Å². The first-order valence-corrected chi connectivity index (χ1v) is 5.28. The lowest BCUT2D eigenvalue weighted by atomic mass is 10.3. The molecule has 68 valence electrons. The van der Waals surface area contributed by atoms with Gasteiger partial charge in [0.15, 0.2) is 5.58 Å². The van der Waals surface area contributed by atoms with Crippen molar-refractivity contribution in [2.45, 2.75) is 11.9 Å². The predicted octanol–water partition coefficient (Wildman–Crippen LogP) is 2.91. The molecular formula is C8H7ClN2OS. The summed E-state index contributed by atoms with van der Waals surface area (Å²) in [5, 5.41) is 1.05. The summed E-state index contributed by atoms with van der Waals surface area (Å²) in [7, 11) is 0. The third-order valence-corrected chi connectivity index (χ3v) is 2.56. The van der Waals surface area contributed by atoms with Crippen LogP contribution in [0.4, 0.5) is 0 Å². The standard InChI is InChI=1S/C8H7ClN2OS/c1-4-3-12-6-5(4)10-8(9)11-7(6)13-2/h3H,1-2H3. The molecule has 0 unspecified atom stereocenters. The highest BCUT2D eigenvalue weighted by atomic mass is 35.5. The second-order valence-corrected chi connectivity index (χ2v) is 3.73. The van der Waals surface area contributed by atoms with Crippen LogP contribution >= 0.6 is 23.4 Å². The molecule has 5 heteroatoms. The quantitative estimate of drug-likeness (QED) is 0.416. The van der Waals surface area contributed by atoms with Gasteiger partial charge in [-0.2, -0.15) is 0 Å².